The first-order valence-electron chi connectivity index (χ1n) is 5.60. The Morgan fingerprint density at radius 3 is 2.61 bits per heavy atom. The predicted molar refractivity (Wildman–Crippen MR) is 64.6 cm³/mol. The Kier molecular flexibility index (Phi) is 4.47. The summed E-state index contributed by atoms with van der Waals surface area (Å²) in [6.07, 6.45) is 1.83. The topological polar surface area (TPSA) is 104 Å². The molecule has 1 heterocycles. The number of nitrogens with zero attached hydrogens (tertiary/aromatic N) is 2. The third-order valence-electron chi connectivity index (χ3n) is 2.52. The van der Waals surface area contributed by atoms with Crippen LogP contribution in [0.3, 0.4) is 0 Å². The van der Waals surface area contributed by atoms with E-state index in [0.717, 1.165) is 0 Å². The molecule has 0 bridgehead atoms. The monoisotopic (exact) mass is 275 g/mol. The van der Waals surface area contributed by atoms with Crippen LogP contribution in [0.15, 0.2) is 11.2 Å². The van der Waals surface area contributed by atoms with E-state index in [1.807, 2.05) is 6.92 Å². The van der Waals surface area contributed by atoms with Gasteiger partial charge in [0.1, 0.15) is 5.56 Å². The molecule has 0 saturated carbocycles. The summed E-state index contributed by atoms with van der Waals surface area (Å²) in [4.78, 5) is 11.6. The van der Waals surface area contributed by atoms with Crippen LogP contribution in [0.1, 0.15) is 43.6 Å². The summed E-state index contributed by atoms with van der Waals surface area (Å²) < 4.78 is 29.2. The zero-order chi connectivity index (χ0) is 13.9. The Morgan fingerprint density at radius 2 is 2.17 bits per heavy atom. The lowest BCUT2D eigenvalue weighted by atomic mass is 10.3. The van der Waals surface area contributed by atoms with E-state index in [0.29, 0.717) is 6.42 Å². The molecule has 1 aromatic heterocycles. The number of sulfonamides is 1. The molecule has 1 rings (SSSR count). The summed E-state index contributed by atoms with van der Waals surface area (Å²) in [5.41, 5.74) is -0.125. The van der Waals surface area contributed by atoms with Crippen LogP contribution in [0.4, 0.5) is 0 Å². The Labute approximate surface area is 106 Å². The van der Waals surface area contributed by atoms with Crippen molar-refractivity contribution in [3.05, 3.63) is 11.8 Å². The fraction of sp³-hybridized carbons (Fsp3) is 0.600. The van der Waals surface area contributed by atoms with Gasteiger partial charge >= 0.3 is 5.97 Å². The summed E-state index contributed by atoms with van der Waals surface area (Å²) in [7, 11) is -4.04. The summed E-state index contributed by atoms with van der Waals surface area (Å²) in [5, 5.41) is 8.75. The van der Waals surface area contributed by atoms with Crippen LogP contribution in [-0.2, 0) is 14.8 Å². The Bertz CT molecular complexity index is 535. The molecule has 0 saturated heterocycles. The van der Waals surface area contributed by atoms with E-state index in [9.17, 15) is 13.2 Å². The molecule has 0 aliphatic carbocycles. The number of primary sulfonamides is 1. The first-order valence-corrected chi connectivity index (χ1v) is 7.14. The van der Waals surface area contributed by atoms with E-state index < -0.39 is 16.0 Å². The van der Waals surface area contributed by atoms with Crippen molar-refractivity contribution in [3.63, 3.8) is 0 Å². The van der Waals surface area contributed by atoms with Gasteiger partial charge in [0.2, 0.25) is 0 Å². The van der Waals surface area contributed by atoms with Gasteiger partial charge in [-0.15, -0.1) is 0 Å². The van der Waals surface area contributed by atoms with Crippen LogP contribution in [0, 0.1) is 0 Å². The number of carbonyl (C=O) groups is 1. The predicted octanol–water partition coefficient (Wildman–Crippen LogP) is 0.678. The van der Waals surface area contributed by atoms with Crippen molar-refractivity contribution in [1.82, 2.24) is 9.78 Å². The number of rotatable bonds is 5. The molecule has 0 fully saturated rings. The average molecular weight is 275 g/mol. The van der Waals surface area contributed by atoms with E-state index in [4.69, 9.17) is 9.88 Å². The van der Waals surface area contributed by atoms with E-state index in [-0.39, 0.29) is 23.2 Å². The number of hydrogen-bond donors (Lipinski definition) is 1. The molecule has 0 amide bonds. The maximum Gasteiger partial charge on any atom is 0.342 e. The van der Waals surface area contributed by atoms with Gasteiger partial charge in [0, 0.05) is 0 Å². The summed E-state index contributed by atoms with van der Waals surface area (Å²) >= 11 is 0. The molecule has 1 atom stereocenters. The van der Waals surface area contributed by atoms with Gasteiger partial charge in [-0.2, -0.15) is 5.10 Å². The fourth-order valence-electron chi connectivity index (χ4n) is 1.47. The number of ether oxygens (including phenoxy) is 1. The smallest absolute Gasteiger partial charge is 0.342 e. The van der Waals surface area contributed by atoms with Crippen LogP contribution < -0.4 is 5.14 Å². The molecule has 0 radical (unpaired) electrons. The number of hydrogen-bond acceptors (Lipinski definition) is 5. The van der Waals surface area contributed by atoms with E-state index in [2.05, 4.69) is 5.10 Å². The van der Waals surface area contributed by atoms with Crippen LogP contribution >= 0.6 is 0 Å². The summed E-state index contributed by atoms with van der Waals surface area (Å²) in [6, 6.07) is -0.179. The number of carbonyl (C=O) groups excluding carboxylic acids is 1. The maximum absolute atomic E-state index is 11.6. The maximum atomic E-state index is 11.6. The number of aromatic nitrogens is 2. The second-order valence-corrected chi connectivity index (χ2v) is 5.31. The van der Waals surface area contributed by atoms with Gasteiger partial charge in [-0.3, -0.25) is 0 Å². The van der Waals surface area contributed by atoms with Crippen LogP contribution in [0.5, 0.6) is 0 Å². The van der Waals surface area contributed by atoms with Crippen molar-refractivity contribution in [1.29, 1.82) is 0 Å². The normalized spacial score (nSPS) is 13.3. The third-order valence-corrected chi connectivity index (χ3v) is 3.47. The Morgan fingerprint density at radius 1 is 1.56 bits per heavy atom. The lowest BCUT2D eigenvalue weighted by Gasteiger charge is -2.12. The molecule has 1 unspecified atom stereocenters. The molecular weight excluding hydrogens is 258 g/mol. The first kappa shape index (κ1) is 14.7. The number of nitrogens with two attached hydrogens (primary N) is 1. The standard InChI is InChI=1S/C10H17N3O4S/c1-4-7(3)13-9(18(11,15)16)8(6-12-13)10(14)17-5-2/h6-7H,4-5H2,1-3H3,(H2,11,15,16). The zero-order valence-corrected chi connectivity index (χ0v) is 11.4. The van der Waals surface area contributed by atoms with Gasteiger partial charge in [0.05, 0.1) is 18.8 Å². The van der Waals surface area contributed by atoms with Gasteiger partial charge < -0.3 is 4.74 Å². The van der Waals surface area contributed by atoms with Crippen molar-refractivity contribution in [2.45, 2.75) is 38.3 Å². The van der Waals surface area contributed by atoms with E-state index in [1.165, 1.54) is 10.9 Å². The molecule has 0 spiro atoms. The van der Waals surface area contributed by atoms with Gasteiger partial charge in [0.15, 0.2) is 5.03 Å². The molecule has 8 heteroatoms. The zero-order valence-electron chi connectivity index (χ0n) is 10.6. The Balaban J connectivity index is 3.38. The van der Waals surface area contributed by atoms with Crippen molar-refractivity contribution < 1.29 is 17.9 Å². The molecule has 2 N–H and O–H groups in total. The fourth-order valence-corrected chi connectivity index (χ4v) is 2.40. The second kappa shape index (κ2) is 5.49. The van der Waals surface area contributed by atoms with Crippen LogP contribution in [-0.4, -0.2) is 30.8 Å². The third kappa shape index (κ3) is 2.88. The molecule has 102 valence electrons. The Hall–Kier alpha value is -1.41. The highest BCUT2D eigenvalue weighted by Gasteiger charge is 2.28. The highest BCUT2D eigenvalue weighted by atomic mass is 32.2. The second-order valence-electron chi connectivity index (χ2n) is 3.83. The number of esters is 1. The molecule has 0 aliphatic rings. The molecule has 1 aromatic rings. The largest absolute Gasteiger partial charge is 0.462 e. The van der Waals surface area contributed by atoms with Gasteiger partial charge in [-0.25, -0.2) is 23.0 Å². The molecule has 0 aromatic carbocycles. The summed E-state index contributed by atoms with van der Waals surface area (Å²) in [6.45, 7) is 5.45. The average Bonchev–Trinajstić information content (AvgIpc) is 2.72. The molecule has 18 heavy (non-hydrogen) atoms. The van der Waals surface area contributed by atoms with Crippen molar-refractivity contribution >= 4 is 16.0 Å². The molecule has 7 nitrogen and oxygen atoms in total. The highest BCUT2D eigenvalue weighted by Crippen LogP contribution is 2.21. The van der Waals surface area contributed by atoms with Crippen molar-refractivity contribution in [2.24, 2.45) is 5.14 Å². The van der Waals surface area contributed by atoms with Gasteiger partial charge in [-0.05, 0) is 20.3 Å². The molecular formula is C10H17N3O4S. The minimum atomic E-state index is -4.04. The van der Waals surface area contributed by atoms with Crippen LogP contribution in [0.25, 0.3) is 0 Å². The highest BCUT2D eigenvalue weighted by molar-refractivity contribution is 7.89. The van der Waals surface area contributed by atoms with Gasteiger partial charge in [-0.1, -0.05) is 6.92 Å². The van der Waals surface area contributed by atoms with Crippen molar-refractivity contribution in [2.75, 3.05) is 6.61 Å². The minimum Gasteiger partial charge on any atom is -0.462 e. The first-order chi connectivity index (χ1) is 8.32. The SMILES string of the molecule is CCOC(=O)c1cnn(C(C)CC)c1S(N)(=O)=O. The lowest BCUT2D eigenvalue weighted by Crippen LogP contribution is -2.23. The van der Waals surface area contributed by atoms with E-state index >= 15 is 0 Å². The van der Waals surface area contributed by atoms with Crippen molar-refractivity contribution in [3.8, 4) is 0 Å². The van der Waals surface area contributed by atoms with Gasteiger partial charge in [0.25, 0.3) is 10.0 Å². The van der Waals surface area contributed by atoms with Crippen LogP contribution in [0.2, 0.25) is 0 Å². The summed E-state index contributed by atoms with van der Waals surface area (Å²) in [5.74, 6) is -0.740. The van der Waals surface area contributed by atoms with E-state index in [1.54, 1.807) is 13.8 Å². The minimum absolute atomic E-state index is 0.125. The molecule has 0 aliphatic heterocycles. The quantitative estimate of drug-likeness (QED) is 0.795. The lowest BCUT2D eigenvalue weighted by molar-refractivity contribution is 0.0521.